The molecule has 39 heteroatoms. The maximum atomic E-state index is 12.0. The summed E-state index contributed by atoms with van der Waals surface area (Å²) >= 11 is -0.890. The minimum absolute atomic E-state index is 0.0335. The molecule has 0 amide bonds. The lowest BCUT2D eigenvalue weighted by Gasteiger charge is -2.48. The Morgan fingerprint density at radius 2 is 1.00 bits per heavy atom. The Balaban J connectivity index is 2.69. The number of hydrogen-bond donors (Lipinski definition) is 0. The Morgan fingerprint density at radius 3 is 1.48 bits per heavy atom. The number of unbranched alkanes of at least 4 members (excludes halogenated alkanes) is 1. The van der Waals surface area contributed by atoms with E-state index >= 15 is 0 Å². The quantitative estimate of drug-likeness (QED) is 0.0109. The first-order chi connectivity index (χ1) is 27.2. The van der Waals surface area contributed by atoms with Crippen molar-refractivity contribution < 1.29 is 149 Å². The first-order valence-electron chi connectivity index (χ1n) is 13.7. The van der Waals surface area contributed by atoms with Crippen LogP contribution >= 0.6 is 73.9 Å². The molecule has 332 valence electrons. The van der Waals surface area contributed by atoms with E-state index in [9.17, 15) is 44.5 Å². The van der Waals surface area contributed by atoms with Crippen LogP contribution in [0, 0.1) is 0 Å². The van der Waals surface area contributed by atoms with Gasteiger partial charge in [0.2, 0.25) is 10.4 Å². The molecule has 0 saturated carbocycles. The van der Waals surface area contributed by atoms with Gasteiger partial charge in [0.15, 0.2) is 98.7 Å². The minimum atomic E-state index is -5.81. The van der Waals surface area contributed by atoms with Crippen molar-refractivity contribution >= 4 is 84.3 Å². The summed E-state index contributed by atoms with van der Waals surface area (Å²) in [6, 6.07) is 0. The van der Waals surface area contributed by atoms with Gasteiger partial charge in [0.25, 0.3) is 0 Å². The highest BCUT2D eigenvalue weighted by molar-refractivity contribution is 7.90. The van der Waals surface area contributed by atoms with Crippen molar-refractivity contribution in [1.82, 2.24) is 0 Å². The molecule has 2 heterocycles. The minimum Gasteiger partial charge on any atom is -0.726 e. The highest BCUT2D eigenvalue weighted by Gasteiger charge is 2.56. The summed E-state index contributed by atoms with van der Waals surface area (Å²) in [5.74, 6) is 0. The van der Waals surface area contributed by atoms with Gasteiger partial charge >= 0.3 is 0 Å². The maximum Gasteiger partial charge on any atom is 0.218 e. The molecule has 4 unspecified atom stereocenters. The lowest BCUT2D eigenvalue weighted by atomic mass is 9.97. The van der Waals surface area contributed by atoms with Crippen LogP contribution in [-0.2, 0) is 115 Å². The topological polar surface area (TPSA) is 408 Å². The summed E-state index contributed by atoms with van der Waals surface area (Å²) < 4.78 is 120. The number of rotatable bonds is 35. The lowest BCUT2D eigenvalue weighted by molar-refractivity contribution is -0.778. The van der Waals surface area contributed by atoms with Crippen LogP contribution in [0.4, 0.5) is 0 Å². The second kappa shape index (κ2) is 32.3. The van der Waals surface area contributed by atoms with E-state index in [1.165, 1.54) is 0 Å². The molecule has 0 aromatic heterocycles. The summed E-state index contributed by atoms with van der Waals surface area (Å²) in [7, 11) is -5.81. The van der Waals surface area contributed by atoms with E-state index in [2.05, 4.69) is 67.0 Å². The molecular weight excluding hydrogens is 941 g/mol. The third kappa shape index (κ3) is 20.4. The van der Waals surface area contributed by atoms with E-state index in [0.717, 1.165) is 0 Å². The first kappa shape index (κ1) is 52.7. The van der Waals surface area contributed by atoms with E-state index in [4.69, 9.17) is 44.0 Å². The standard InChI is InChI=1S/C17H30O32S7/c1-2-3-4-5-27-16-14(36-55-49-43-23)12(34-53-47-41-21)10(8(30-16)6-28-50-44-38-18)32-17-15(37-56(24,25)26)13(35-54-48-42-22)11(33-52-46-40-20)9(31-17)7-29-51-45-39-19/h2,8-23H,1,3-7H2,(H,24,25,26)/p-7/t8?,9?,10-,11-,12+,13+,14?,15?,16+,17+/m1/s1. The van der Waals surface area contributed by atoms with Crippen LogP contribution in [0.25, 0.3) is 0 Å². The number of ether oxygens (including phenoxy) is 4. The maximum absolute atomic E-state index is 12.0. The van der Waals surface area contributed by atoms with Crippen molar-refractivity contribution in [3.8, 4) is 0 Å². The second-order valence-corrected chi connectivity index (χ2v) is 12.9. The highest BCUT2D eigenvalue weighted by atomic mass is 32.3. The molecule has 2 fully saturated rings. The largest absolute Gasteiger partial charge is 0.726 e. The third-order valence-corrected chi connectivity index (χ3v) is 8.83. The molecule has 10 atom stereocenters. The molecule has 0 radical (unpaired) electrons. The van der Waals surface area contributed by atoms with Gasteiger partial charge in [0, 0.05) is 0 Å². The Labute approximate surface area is 338 Å². The van der Waals surface area contributed by atoms with Crippen molar-refractivity contribution in [2.75, 3.05) is 19.8 Å². The third-order valence-electron chi connectivity index (χ3n) is 6.03. The van der Waals surface area contributed by atoms with E-state index in [1.807, 2.05) is 0 Å². The Hall–Kier alpha value is 0.590. The zero-order valence-corrected chi connectivity index (χ0v) is 32.2. The Kier molecular flexibility index (Phi) is 30.4. The van der Waals surface area contributed by atoms with E-state index in [0.29, 0.717) is 12.8 Å². The van der Waals surface area contributed by atoms with Gasteiger partial charge < -0.3 is 55.0 Å². The average Bonchev–Trinajstić information content (AvgIpc) is 3.17. The SMILES string of the molecule is C=CCCCO[C@H]1OC(COSOO[O-])[C@@H](O[C@@H]2OC(COSOO[O-])[C@@H](OSOO[O-])[C@H](OSOO[O-])C2OS(=O)(=O)[O-])[C@H](OSOO[O-])C1OSOO[O-]. The van der Waals surface area contributed by atoms with Gasteiger partial charge in [-0.05, 0) is 12.8 Å². The van der Waals surface area contributed by atoms with Gasteiger partial charge in [-0.3, -0.25) is 59.5 Å². The summed E-state index contributed by atoms with van der Waals surface area (Å²) in [6.45, 7) is 2.00. The first-order valence-corrected chi connectivity index (χ1v) is 19.0. The number of allylic oxidation sites excluding steroid dienone is 1. The van der Waals surface area contributed by atoms with Crippen LogP contribution in [0.1, 0.15) is 12.8 Å². The van der Waals surface area contributed by atoms with Crippen LogP contribution in [0.2, 0.25) is 0 Å². The molecule has 0 aromatic rings. The summed E-state index contributed by atoms with van der Waals surface area (Å²) in [5, 5.41) is 82.0. The predicted molar refractivity (Wildman–Crippen MR) is 152 cm³/mol. The lowest BCUT2D eigenvalue weighted by Crippen LogP contribution is -2.66. The molecule has 2 aliphatic rings. The molecule has 56 heavy (non-hydrogen) atoms. The fraction of sp³-hybridized carbons (Fsp3) is 0.882. The van der Waals surface area contributed by atoms with Gasteiger partial charge in [0.05, 0.1) is 19.8 Å². The zero-order valence-electron chi connectivity index (χ0n) is 26.5. The van der Waals surface area contributed by atoms with Crippen molar-refractivity contribution in [3.63, 3.8) is 0 Å². The molecule has 0 aromatic carbocycles. The van der Waals surface area contributed by atoms with Gasteiger partial charge in [-0.15, -0.1) is 32.6 Å². The molecule has 32 nitrogen and oxygen atoms in total. The predicted octanol–water partition coefficient (Wildman–Crippen LogP) is -5.06. The molecule has 0 bridgehead atoms. The van der Waals surface area contributed by atoms with Gasteiger partial charge in [-0.2, -0.15) is 0 Å². The Bertz CT molecular complexity index is 1090. The monoisotopic (exact) mass is 963 g/mol. The molecule has 2 aliphatic heterocycles. The van der Waals surface area contributed by atoms with Gasteiger partial charge in [-0.1, -0.05) is 6.08 Å². The fourth-order valence-corrected chi connectivity index (χ4v) is 6.66. The van der Waals surface area contributed by atoms with Crippen LogP contribution in [0.3, 0.4) is 0 Å². The normalized spacial score (nSPS) is 28.5. The van der Waals surface area contributed by atoms with Crippen molar-refractivity contribution in [3.05, 3.63) is 12.7 Å². The second-order valence-electron chi connectivity index (χ2n) is 8.99. The van der Waals surface area contributed by atoms with Crippen LogP contribution in [0.15, 0.2) is 12.7 Å². The van der Waals surface area contributed by atoms with Gasteiger partial charge in [0.1, 0.15) is 36.6 Å². The summed E-state index contributed by atoms with van der Waals surface area (Å²) in [4.78, 5) is 0. The van der Waals surface area contributed by atoms with Crippen LogP contribution in [0.5, 0.6) is 0 Å². The van der Waals surface area contributed by atoms with Crippen LogP contribution in [-0.4, -0.2) is 94.2 Å². The van der Waals surface area contributed by atoms with Crippen molar-refractivity contribution in [2.45, 2.75) is 74.3 Å². The zero-order chi connectivity index (χ0) is 41.0. The van der Waals surface area contributed by atoms with E-state index in [-0.39, 0.29) is 80.5 Å². The molecule has 2 saturated heterocycles. The molecule has 0 N–H and O–H groups in total. The molecule has 2 rings (SSSR count). The van der Waals surface area contributed by atoms with Gasteiger partial charge in [-0.25, -0.2) is 8.42 Å². The molecule has 0 spiro atoms. The Morgan fingerprint density at radius 1 is 0.571 bits per heavy atom. The fourth-order valence-electron chi connectivity index (χ4n) is 4.23. The smallest absolute Gasteiger partial charge is 0.218 e. The number of hydrogen-bond acceptors (Lipinski definition) is 38. The highest BCUT2D eigenvalue weighted by Crippen LogP contribution is 2.39. The molecule has 0 aliphatic carbocycles. The van der Waals surface area contributed by atoms with Crippen molar-refractivity contribution in [2.24, 2.45) is 0 Å². The molecular formula is C17H23O32S7-7. The van der Waals surface area contributed by atoms with E-state index < -0.39 is 85.0 Å². The summed E-state index contributed by atoms with van der Waals surface area (Å²) in [5.41, 5.74) is 0. The average molecular weight is 964 g/mol. The van der Waals surface area contributed by atoms with Crippen molar-refractivity contribution in [1.29, 1.82) is 0 Å². The summed E-state index contributed by atoms with van der Waals surface area (Å²) in [6.07, 6.45) is -16.4. The van der Waals surface area contributed by atoms with E-state index in [1.54, 1.807) is 6.08 Å². The van der Waals surface area contributed by atoms with Crippen LogP contribution < -0.4 is 31.5 Å².